The van der Waals surface area contributed by atoms with E-state index in [1.807, 2.05) is 30.5 Å². The van der Waals surface area contributed by atoms with Gasteiger partial charge in [0, 0.05) is 60.9 Å². The standard InChI is InChI=1S/C26H30ClN7O2/c1-2-23(35)33-10-12-34(13-11-33)26(36)31-18-7-5-6-17(14-18)30-25-29-16-21(27)24(32-25)20-15-28-22-9-4-3-8-19(20)22/h2-4,8-9,15-18,28H,1,5-7,10-14H2,(H,31,36)(H,29,30,32)/t17-,18+/m1/s1. The highest BCUT2D eigenvalue weighted by molar-refractivity contribution is 6.33. The van der Waals surface area contributed by atoms with Gasteiger partial charge in [0.25, 0.3) is 0 Å². The summed E-state index contributed by atoms with van der Waals surface area (Å²) in [7, 11) is 0. The fraction of sp³-hybridized carbons (Fsp3) is 0.385. The fourth-order valence-electron chi connectivity index (χ4n) is 5.05. The topological polar surface area (TPSA) is 106 Å². The molecule has 188 valence electrons. The summed E-state index contributed by atoms with van der Waals surface area (Å²) < 4.78 is 0. The lowest BCUT2D eigenvalue weighted by molar-refractivity contribution is -0.127. The minimum absolute atomic E-state index is 0.0666. The number of carbonyl (C=O) groups excluding carboxylic acids is 2. The fourth-order valence-corrected chi connectivity index (χ4v) is 5.25. The molecule has 1 saturated heterocycles. The molecule has 3 amide bonds. The van der Waals surface area contributed by atoms with Gasteiger partial charge in [-0.25, -0.2) is 14.8 Å². The van der Waals surface area contributed by atoms with Gasteiger partial charge in [-0.15, -0.1) is 0 Å². The third-order valence-corrected chi connectivity index (χ3v) is 7.25. The number of carbonyl (C=O) groups is 2. The van der Waals surface area contributed by atoms with Crippen LogP contribution in [0.5, 0.6) is 0 Å². The molecule has 0 spiro atoms. The highest BCUT2D eigenvalue weighted by Gasteiger charge is 2.28. The molecule has 0 unspecified atom stereocenters. The number of fused-ring (bicyclic) bond motifs is 1. The Morgan fingerprint density at radius 2 is 1.86 bits per heavy atom. The van der Waals surface area contributed by atoms with Crippen molar-refractivity contribution in [2.24, 2.45) is 0 Å². The van der Waals surface area contributed by atoms with Gasteiger partial charge >= 0.3 is 6.03 Å². The van der Waals surface area contributed by atoms with E-state index >= 15 is 0 Å². The van der Waals surface area contributed by atoms with E-state index in [4.69, 9.17) is 16.6 Å². The first-order chi connectivity index (χ1) is 17.5. The van der Waals surface area contributed by atoms with E-state index in [2.05, 4.69) is 27.2 Å². The average Bonchev–Trinajstić information content (AvgIpc) is 3.33. The third kappa shape index (κ3) is 5.16. The number of aromatic nitrogens is 3. The molecule has 2 aliphatic rings. The number of benzene rings is 1. The summed E-state index contributed by atoms with van der Waals surface area (Å²) in [6.45, 7) is 5.63. The second kappa shape index (κ2) is 10.6. The summed E-state index contributed by atoms with van der Waals surface area (Å²) in [6.07, 6.45) is 8.56. The number of amides is 3. The first-order valence-electron chi connectivity index (χ1n) is 12.3. The molecule has 1 aliphatic heterocycles. The number of aromatic amines is 1. The normalized spacial score (nSPS) is 20.2. The maximum Gasteiger partial charge on any atom is 0.317 e. The van der Waals surface area contributed by atoms with Gasteiger partial charge in [0.2, 0.25) is 11.9 Å². The van der Waals surface area contributed by atoms with Crippen molar-refractivity contribution in [1.29, 1.82) is 0 Å². The highest BCUT2D eigenvalue weighted by Crippen LogP contribution is 2.32. The maximum atomic E-state index is 12.8. The molecular formula is C26H30ClN7O2. The molecule has 3 heterocycles. The highest BCUT2D eigenvalue weighted by atomic mass is 35.5. The summed E-state index contributed by atoms with van der Waals surface area (Å²) >= 11 is 6.47. The van der Waals surface area contributed by atoms with E-state index < -0.39 is 0 Å². The van der Waals surface area contributed by atoms with Crippen LogP contribution in [0.2, 0.25) is 5.02 Å². The Hall–Kier alpha value is -3.59. The predicted octanol–water partition coefficient (Wildman–Crippen LogP) is 4.04. The van der Waals surface area contributed by atoms with Crippen LogP contribution >= 0.6 is 11.6 Å². The van der Waals surface area contributed by atoms with Crippen molar-refractivity contribution in [3.8, 4) is 11.3 Å². The van der Waals surface area contributed by atoms with Crippen molar-refractivity contribution in [3.63, 3.8) is 0 Å². The number of para-hydroxylation sites is 1. The minimum Gasteiger partial charge on any atom is -0.360 e. The van der Waals surface area contributed by atoms with Crippen molar-refractivity contribution >= 4 is 40.4 Å². The zero-order valence-corrected chi connectivity index (χ0v) is 20.8. The van der Waals surface area contributed by atoms with Crippen molar-refractivity contribution < 1.29 is 9.59 Å². The van der Waals surface area contributed by atoms with Crippen molar-refractivity contribution in [1.82, 2.24) is 30.1 Å². The van der Waals surface area contributed by atoms with Gasteiger partial charge in [0.05, 0.1) is 16.9 Å². The van der Waals surface area contributed by atoms with Gasteiger partial charge in [-0.3, -0.25) is 4.79 Å². The molecule has 1 saturated carbocycles. The van der Waals surface area contributed by atoms with Gasteiger partial charge in [0.1, 0.15) is 0 Å². The number of hydrogen-bond donors (Lipinski definition) is 3. The van der Waals surface area contributed by atoms with Crippen LogP contribution in [0.25, 0.3) is 22.2 Å². The smallest absolute Gasteiger partial charge is 0.317 e. The number of urea groups is 1. The third-order valence-electron chi connectivity index (χ3n) is 6.98. The van der Waals surface area contributed by atoms with Gasteiger partial charge < -0.3 is 25.4 Å². The predicted molar refractivity (Wildman–Crippen MR) is 141 cm³/mol. The lowest BCUT2D eigenvalue weighted by Crippen LogP contribution is -2.55. The van der Waals surface area contributed by atoms with E-state index in [0.29, 0.717) is 42.8 Å². The van der Waals surface area contributed by atoms with Crippen molar-refractivity contribution in [2.75, 3.05) is 31.5 Å². The maximum absolute atomic E-state index is 12.8. The molecular weight excluding hydrogens is 478 g/mol. The molecule has 2 aromatic heterocycles. The Morgan fingerprint density at radius 3 is 2.67 bits per heavy atom. The van der Waals surface area contributed by atoms with Crippen LogP contribution in [0.1, 0.15) is 25.7 Å². The molecule has 3 N–H and O–H groups in total. The number of rotatable bonds is 5. The van der Waals surface area contributed by atoms with E-state index in [1.165, 1.54) is 6.08 Å². The Morgan fingerprint density at radius 1 is 1.11 bits per heavy atom. The summed E-state index contributed by atoms with van der Waals surface area (Å²) in [5.41, 5.74) is 2.64. The summed E-state index contributed by atoms with van der Waals surface area (Å²) in [5.74, 6) is 0.438. The monoisotopic (exact) mass is 507 g/mol. The second-order valence-electron chi connectivity index (χ2n) is 9.31. The lowest BCUT2D eigenvalue weighted by Gasteiger charge is -2.36. The van der Waals surface area contributed by atoms with Gasteiger partial charge in [-0.2, -0.15) is 0 Å². The Bertz CT molecular complexity index is 1270. The molecule has 0 bridgehead atoms. The molecule has 9 nitrogen and oxygen atoms in total. The molecule has 10 heteroatoms. The van der Waals surface area contributed by atoms with Gasteiger partial charge in [0.15, 0.2) is 0 Å². The number of halogens is 1. The molecule has 2 atom stereocenters. The van der Waals surface area contributed by atoms with E-state index in [0.717, 1.165) is 42.1 Å². The van der Waals surface area contributed by atoms with Crippen LogP contribution in [0.3, 0.4) is 0 Å². The first kappa shape index (κ1) is 24.1. The number of anilines is 1. The van der Waals surface area contributed by atoms with Gasteiger partial charge in [-0.1, -0.05) is 36.4 Å². The number of nitrogens with one attached hydrogen (secondary N) is 3. The molecule has 5 rings (SSSR count). The summed E-state index contributed by atoms with van der Waals surface area (Å²) in [6, 6.07) is 8.17. The Kier molecular flexibility index (Phi) is 7.09. The zero-order chi connectivity index (χ0) is 25.1. The van der Waals surface area contributed by atoms with Crippen molar-refractivity contribution in [2.45, 2.75) is 37.8 Å². The molecule has 3 aromatic rings. The molecule has 1 aliphatic carbocycles. The van der Waals surface area contributed by atoms with Crippen LogP contribution in [0.15, 0.2) is 49.3 Å². The van der Waals surface area contributed by atoms with Crippen LogP contribution in [0.4, 0.5) is 10.7 Å². The van der Waals surface area contributed by atoms with Crippen molar-refractivity contribution in [3.05, 3.63) is 54.3 Å². The zero-order valence-electron chi connectivity index (χ0n) is 20.0. The van der Waals surface area contributed by atoms with Crippen LogP contribution in [0, 0.1) is 0 Å². The van der Waals surface area contributed by atoms with E-state index in [1.54, 1.807) is 16.0 Å². The molecule has 0 radical (unpaired) electrons. The molecule has 1 aromatic carbocycles. The number of hydrogen-bond acceptors (Lipinski definition) is 5. The first-order valence-corrected chi connectivity index (χ1v) is 12.7. The minimum atomic E-state index is -0.0893. The summed E-state index contributed by atoms with van der Waals surface area (Å²) in [5, 5.41) is 8.19. The van der Waals surface area contributed by atoms with E-state index in [-0.39, 0.29) is 24.0 Å². The van der Waals surface area contributed by atoms with Crippen LogP contribution in [-0.4, -0.2) is 75.0 Å². The number of nitrogens with zero attached hydrogens (tertiary/aromatic N) is 4. The molecule has 2 fully saturated rings. The van der Waals surface area contributed by atoms with Gasteiger partial charge in [-0.05, 0) is 37.8 Å². The summed E-state index contributed by atoms with van der Waals surface area (Å²) in [4.78, 5) is 40.5. The Labute approximate surface area is 214 Å². The number of piperazine rings is 1. The SMILES string of the molecule is C=CC(=O)N1CCN(C(=O)N[C@H]2CCC[C@@H](Nc3ncc(Cl)c(-c4c[nH]c5ccccc45)n3)C2)CC1. The van der Waals surface area contributed by atoms with Crippen LogP contribution < -0.4 is 10.6 Å². The molecule has 36 heavy (non-hydrogen) atoms. The quantitative estimate of drug-likeness (QED) is 0.452. The Balaban J connectivity index is 1.20. The number of H-pyrrole nitrogens is 1. The van der Waals surface area contributed by atoms with E-state index in [9.17, 15) is 9.59 Å². The van der Waals surface area contributed by atoms with Crippen LogP contribution in [-0.2, 0) is 4.79 Å². The average molecular weight is 508 g/mol. The lowest BCUT2D eigenvalue weighted by atomic mass is 9.91. The largest absolute Gasteiger partial charge is 0.360 e. The second-order valence-corrected chi connectivity index (χ2v) is 9.72.